The number of benzene rings is 1. The van der Waals surface area contributed by atoms with Gasteiger partial charge >= 0.3 is 0 Å². The van der Waals surface area contributed by atoms with Crippen LogP contribution in [0.1, 0.15) is 65.4 Å². The van der Waals surface area contributed by atoms with Gasteiger partial charge in [0.2, 0.25) is 0 Å². The van der Waals surface area contributed by atoms with Crippen LogP contribution >= 0.6 is 0 Å². The monoisotopic (exact) mass is 344 g/mol. The maximum Gasteiger partial charge on any atom is 0.277 e. The zero-order valence-electron chi connectivity index (χ0n) is 16.1. The Balaban J connectivity index is 1.72. The zero-order chi connectivity index (χ0) is 18.3. The summed E-state index contributed by atoms with van der Waals surface area (Å²) in [5, 5.41) is 4.29. The Kier molecular flexibility index (Phi) is 7.03. The smallest absolute Gasteiger partial charge is 0.277 e. The molecule has 1 aromatic rings. The van der Waals surface area contributed by atoms with Crippen molar-refractivity contribution in [1.29, 1.82) is 0 Å². The normalized spacial score (nSPS) is 17.9. The number of nitrogens with one attached hydrogen (secondary N) is 1. The van der Waals surface area contributed by atoms with Crippen LogP contribution in [0.3, 0.4) is 0 Å². The van der Waals surface area contributed by atoms with Gasteiger partial charge in [-0.15, -0.1) is 0 Å². The number of hydrogen-bond acceptors (Lipinski definition) is 3. The van der Waals surface area contributed by atoms with Crippen molar-refractivity contribution in [2.75, 3.05) is 6.61 Å². The second kappa shape index (κ2) is 9.02. The lowest BCUT2D eigenvalue weighted by atomic mass is 9.72. The molecule has 1 N–H and O–H groups in total. The van der Waals surface area contributed by atoms with Gasteiger partial charge in [-0.05, 0) is 61.1 Å². The van der Waals surface area contributed by atoms with Crippen LogP contribution in [-0.2, 0) is 11.2 Å². The zero-order valence-corrected chi connectivity index (χ0v) is 16.1. The molecule has 0 bridgehead atoms. The number of ether oxygens (including phenoxy) is 1. The lowest BCUT2D eigenvalue weighted by molar-refractivity contribution is -0.123. The highest BCUT2D eigenvalue weighted by Gasteiger charge is 2.28. The van der Waals surface area contributed by atoms with E-state index in [0.717, 1.165) is 50.2 Å². The average molecular weight is 344 g/mol. The van der Waals surface area contributed by atoms with E-state index in [9.17, 15) is 4.79 Å². The highest BCUT2D eigenvalue weighted by Crippen LogP contribution is 2.36. The van der Waals surface area contributed by atoms with Crippen LogP contribution in [0.4, 0.5) is 0 Å². The molecular formula is C21H32N2O2. The van der Waals surface area contributed by atoms with Gasteiger partial charge in [-0.3, -0.25) is 4.79 Å². The van der Waals surface area contributed by atoms with E-state index in [1.807, 2.05) is 24.3 Å². The first-order valence-corrected chi connectivity index (χ1v) is 9.44. The SMILES string of the molecule is CCCc1ccc(OCC(=O)NN=C2CCC(C(C)(C)C)CC2)cc1. The highest BCUT2D eigenvalue weighted by atomic mass is 16.5. The van der Waals surface area contributed by atoms with Gasteiger partial charge in [0.05, 0.1) is 0 Å². The van der Waals surface area contributed by atoms with Crippen LogP contribution in [0.5, 0.6) is 5.75 Å². The van der Waals surface area contributed by atoms with Crippen molar-refractivity contribution in [2.45, 2.75) is 66.2 Å². The van der Waals surface area contributed by atoms with E-state index in [2.05, 4.69) is 38.2 Å². The summed E-state index contributed by atoms with van der Waals surface area (Å²) in [4.78, 5) is 11.9. The summed E-state index contributed by atoms with van der Waals surface area (Å²) in [6.45, 7) is 9.05. The Morgan fingerprint density at radius 2 is 1.84 bits per heavy atom. The van der Waals surface area contributed by atoms with Gasteiger partial charge in [-0.1, -0.05) is 46.2 Å². The van der Waals surface area contributed by atoms with Crippen LogP contribution in [0.2, 0.25) is 0 Å². The molecule has 0 spiro atoms. The molecule has 4 nitrogen and oxygen atoms in total. The molecule has 1 saturated carbocycles. The molecule has 1 amide bonds. The second-order valence-corrected chi connectivity index (χ2v) is 8.04. The lowest BCUT2D eigenvalue weighted by Gasteiger charge is -2.34. The van der Waals surface area contributed by atoms with Crippen molar-refractivity contribution in [3.63, 3.8) is 0 Å². The van der Waals surface area contributed by atoms with Crippen molar-refractivity contribution >= 4 is 11.6 Å². The largest absolute Gasteiger partial charge is 0.484 e. The summed E-state index contributed by atoms with van der Waals surface area (Å²) in [7, 11) is 0. The Bertz CT molecular complexity index is 575. The first-order valence-electron chi connectivity index (χ1n) is 9.44. The van der Waals surface area contributed by atoms with E-state index in [1.165, 1.54) is 5.56 Å². The first-order chi connectivity index (χ1) is 11.9. The van der Waals surface area contributed by atoms with Crippen LogP contribution < -0.4 is 10.2 Å². The summed E-state index contributed by atoms with van der Waals surface area (Å²) in [5.74, 6) is 1.25. The maximum atomic E-state index is 11.9. The van der Waals surface area contributed by atoms with Gasteiger partial charge in [-0.25, -0.2) is 5.43 Å². The summed E-state index contributed by atoms with van der Waals surface area (Å²) < 4.78 is 5.52. The molecule has 2 rings (SSSR count). The van der Waals surface area contributed by atoms with Crippen molar-refractivity contribution in [3.05, 3.63) is 29.8 Å². The fraction of sp³-hybridized carbons (Fsp3) is 0.619. The molecule has 1 aliphatic rings. The Hall–Kier alpha value is -1.84. The van der Waals surface area contributed by atoms with E-state index >= 15 is 0 Å². The molecule has 1 fully saturated rings. The van der Waals surface area contributed by atoms with Crippen molar-refractivity contribution < 1.29 is 9.53 Å². The molecule has 0 saturated heterocycles. The Morgan fingerprint density at radius 3 is 2.40 bits per heavy atom. The molecule has 1 aliphatic carbocycles. The number of amides is 1. The molecule has 0 aromatic heterocycles. The number of nitrogens with zero attached hydrogens (tertiary/aromatic N) is 1. The minimum atomic E-state index is -0.205. The van der Waals surface area contributed by atoms with Crippen LogP contribution in [0.15, 0.2) is 29.4 Å². The fourth-order valence-electron chi connectivity index (χ4n) is 3.29. The predicted molar refractivity (Wildman–Crippen MR) is 103 cm³/mol. The summed E-state index contributed by atoms with van der Waals surface area (Å²) in [6.07, 6.45) is 6.44. The quantitative estimate of drug-likeness (QED) is 0.759. The van der Waals surface area contributed by atoms with Crippen LogP contribution in [0.25, 0.3) is 0 Å². The number of carbonyl (C=O) groups excluding carboxylic acids is 1. The number of aryl methyl sites for hydroxylation is 1. The molecule has 0 atom stereocenters. The molecule has 4 heteroatoms. The van der Waals surface area contributed by atoms with Gasteiger partial charge in [0.1, 0.15) is 5.75 Å². The second-order valence-electron chi connectivity index (χ2n) is 8.04. The number of hydrazone groups is 1. The van der Waals surface area contributed by atoms with Crippen molar-refractivity contribution in [2.24, 2.45) is 16.4 Å². The molecular weight excluding hydrogens is 312 g/mol. The Labute approximate surface area is 152 Å². The fourth-order valence-corrected chi connectivity index (χ4v) is 3.29. The summed E-state index contributed by atoms with van der Waals surface area (Å²) >= 11 is 0. The third-order valence-corrected chi connectivity index (χ3v) is 4.96. The molecule has 1 aromatic carbocycles. The van der Waals surface area contributed by atoms with E-state index < -0.39 is 0 Å². The van der Waals surface area contributed by atoms with Crippen molar-refractivity contribution in [3.8, 4) is 5.75 Å². The van der Waals surface area contributed by atoms with Gasteiger partial charge in [0.25, 0.3) is 5.91 Å². The molecule has 138 valence electrons. The molecule has 25 heavy (non-hydrogen) atoms. The van der Waals surface area contributed by atoms with E-state index in [1.54, 1.807) is 0 Å². The average Bonchev–Trinajstić information content (AvgIpc) is 2.59. The topological polar surface area (TPSA) is 50.7 Å². The van der Waals surface area contributed by atoms with Crippen LogP contribution in [-0.4, -0.2) is 18.2 Å². The van der Waals surface area contributed by atoms with Crippen LogP contribution in [0, 0.1) is 11.3 Å². The highest BCUT2D eigenvalue weighted by molar-refractivity contribution is 5.87. The lowest BCUT2D eigenvalue weighted by Crippen LogP contribution is -2.29. The van der Waals surface area contributed by atoms with E-state index in [-0.39, 0.29) is 12.5 Å². The van der Waals surface area contributed by atoms with Gasteiger partial charge in [-0.2, -0.15) is 5.10 Å². The van der Waals surface area contributed by atoms with Crippen molar-refractivity contribution in [1.82, 2.24) is 5.43 Å². The summed E-state index contributed by atoms with van der Waals surface area (Å²) in [6, 6.07) is 7.92. The van der Waals surface area contributed by atoms with E-state index in [4.69, 9.17) is 4.74 Å². The van der Waals surface area contributed by atoms with Gasteiger partial charge in [0.15, 0.2) is 6.61 Å². The minimum absolute atomic E-state index is 0.00544. The molecule has 0 aliphatic heterocycles. The number of rotatable bonds is 6. The number of hydrogen-bond donors (Lipinski definition) is 1. The first kappa shape index (κ1) is 19.5. The third kappa shape index (κ3) is 6.52. The number of carbonyl (C=O) groups is 1. The minimum Gasteiger partial charge on any atom is -0.484 e. The predicted octanol–water partition coefficient (Wildman–Crippen LogP) is 4.73. The summed E-state index contributed by atoms with van der Waals surface area (Å²) in [5.41, 5.74) is 5.37. The standard InChI is InChI=1S/C21H32N2O2/c1-5-6-16-7-13-19(14-8-16)25-15-20(24)23-22-18-11-9-17(10-12-18)21(2,3)4/h7-8,13-14,17H,5-6,9-12,15H2,1-4H3,(H,23,24). The maximum absolute atomic E-state index is 11.9. The van der Waals surface area contributed by atoms with Gasteiger partial charge in [0, 0.05) is 5.71 Å². The van der Waals surface area contributed by atoms with E-state index in [0.29, 0.717) is 11.2 Å². The molecule has 0 unspecified atom stereocenters. The third-order valence-electron chi connectivity index (χ3n) is 4.96. The van der Waals surface area contributed by atoms with Gasteiger partial charge < -0.3 is 4.74 Å². The molecule has 0 radical (unpaired) electrons. The Morgan fingerprint density at radius 1 is 1.20 bits per heavy atom. The molecule has 0 heterocycles.